The molecular formula is C9H12N4. The Morgan fingerprint density at radius 2 is 2.38 bits per heavy atom. The molecule has 1 aromatic heterocycles. The number of hydrogen-bond donors (Lipinski definition) is 1. The summed E-state index contributed by atoms with van der Waals surface area (Å²) in [6.07, 6.45) is 1.62. The highest BCUT2D eigenvalue weighted by atomic mass is 15.5. The normalized spacial score (nSPS) is 10.0. The van der Waals surface area contributed by atoms with E-state index >= 15 is 0 Å². The van der Waals surface area contributed by atoms with Gasteiger partial charge >= 0.3 is 0 Å². The van der Waals surface area contributed by atoms with Crippen LogP contribution in [-0.2, 0) is 6.54 Å². The number of pyridine rings is 1. The minimum Gasteiger partial charge on any atom is -0.251 e. The number of hydrazine groups is 1. The van der Waals surface area contributed by atoms with E-state index in [4.69, 9.17) is 5.26 Å². The fourth-order valence-electron chi connectivity index (χ4n) is 0.925. The molecule has 1 N–H and O–H groups in total. The Morgan fingerprint density at radius 1 is 1.62 bits per heavy atom. The third-order valence-electron chi connectivity index (χ3n) is 1.58. The van der Waals surface area contributed by atoms with Crippen LogP contribution in [0.4, 0.5) is 0 Å². The highest BCUT2D eigenvalue weighted by molar-refractivity contribution is 5.30. The first-order chi connectivity index (χ1) is 6.24. The van der Waals surface area contributed by atoms with Crippen LogP contribution in [0.1, 0.15) is 11.3 Å². The molecule has 1 heterocycles. The molecule has 1 aromatic rings. The van der Waals surface area contributed by atoms with E-state index in [0.29, 0.717) is 12.2 Å². The van der Waals surface area contributed by atoms with Crippen molar-refractivity contribution in [1.82, 2.24) is 15.4 Å². The Hall–Kier alpha value is -1.44. The van der Waals surface area contributed by atoms with Gasteiger partial charge in [-0.25, -0.2) is 4.98 Å². The molecule has 0 saturated carbocycles. The van der Waals surface area contributed by atoms with Crippen LogP contribution in [0.5, 0.6) is 0 Å². The summed E-state index contributed by atoms with van der Waals surface area (Å²) in [7, 11) is 3.81. The number of nitrogens with zero attached hydrogens (tertiary/aromatic N) is 3. The Labute approximate surface area is 77.8 Å². The Morgan fingerprint density at radius 3 is 3.00 bits per heavy atom. The average molecular weight is 176 g/mol. The summed E-state index contributed by atoms with van der Waals surface area (Å²) >= 11 is 0. The number of rotatable bonds is 3. The predicted octanol–water partition coefficient (Wildman–Crippen LogP) is 0.519. The van der Waals surface area contributed by atoms with Gasteiger partial charge in [-0.05, 0) is 6.07 Å². The van der Waals surface area contributed by atoms with E-state index in [-0.39, 0.29) is 0 Å². The molecule has 0 saturated heterocycles. The molecule has 0 aliphatic rings. The molecule has 0 radical (unpaired) electrons. The van der Waals surface area contributed by atoms with Crippen molar-refractivity contribution in [3.63, 3.8) is 0 Å². The first-order valence-electron chi connectivity index (χ1n) is 3.99. The standard InChI is InChI=1S/C9H12N4/c1-13(2)12-7-8-4-3-5-11-9(8)6-10/h3-5,12H,7H2,1-2H3. The second-order valence-corrected chi connectivity index (χ2v) is 2.85. The monoisotopic (exact) mass is 176 g/mol. The third-order valence-corrected chi connectivity index (χ3v) is 1.58. The van der Waals surface area contributed by atoms with E-state index in [2.05, 4.69) is 10.4 Å². The maximum absolute atomic E-state index is 8.73. The summed E-state index contributed by atoms with van der Waals surface area (Å²) in [4.78, 5) is 3.96. The molecule has 4 nitrogen and oxygen atoms in total. The van der Waals surface area contributed by atoms with Gasteiger partial charge in [0.1, 0.15) is 11.8 Å². The summed E-state index contributed by atoms with van der Waals surface area (Å²) in [6, 6.07) is 5.77. The fraction of sp³-hybridized carbons (Fsp3) is 0.333. The second kappa shape index (κ2) is 4.55. The van der Waals surface area contributed by atoms with Crippen molar-refractivity contribution in [3.8, 4) is 6.07 Å². The van der Waals surface area contributed by atoms with Crippen LogP contribution in [0, 0.1) is 11.3 Å². The second-order valence-electron chi connectivity index (χ2n) is 2.85. The molecule has 13 heavy (non-hydrogen) atoms. The van der Waals surface area contributed by atoms with Crippen LogP contribution in [0.3, 0.4) is 0 Å². The maximum atomic E-state index is 8.73. The van der Waals surface area contributed by atoms with E-state index in [1.165, 1.54) is 0 Å². The minimum atomic E-state index is 0.483. The maximum Gasteiger partial charge on any atom is 0.144 e. The smallest absolute Gasteiger partial charge is 0.144 e. The van der Waals surface area contributed by atoms with Crippen LogP contribution >= 0.6 is 0 Å². The van der Waals surface area contributed by atoms with Crippen LogP contribution in [0.25, 0.3) is 0 Å². The van der Waals surface area contributed by atoms with Gasteiger partial charge in [0.25, 0.3) is 0 Å². The minimum absolute atomic E-state index is 0.483. The van der Waals surface area contributed by atoms with Crippen molar-refractivity contribution >= 4 is 0 Å². The molecule has 0 spiro atoms. The summed E-state index contributed by atoms with van der Waals surface area (Å²) in [6.45, 7) is 0.629. The molecule has 0 amide bonds. The van der Waals surface area contributed by atoms with Crippen LogP contribution in [-0.4, -0.2) is 24.1 Å². The van der Waals surface area contributed by atoms with Gasteiger partial charge in [0.05, 0.1) is 0 Å². The fourth-order valence-corrected chi connectivity index (χ4v) is 0.925. The SMILES string of the molecule is CN(C)NCc1cccnc1C#N. The number of hydrogen-bond acceptors (Lipinski definition) is 4. The lowest BCUT2D eigenvalue weighted by molar-refractivity contribution is 0.285. The molecule has 0 unspecified atom stereocenters. The van der Waals surface area contributed by atoms with Gasteiger partial charge in [-0.3, -0.25) is 10.4 Å². The molecule has 0 aliphatic heterocycles. The predicted molar refractivity (Wildman–Crippen MR) is 49.5 cm³/mol. The molecule has 1 rings (SSSR count). The highest BCUT2D eigenvalue weighted by Gasteiger charge is 2.00. The Balaban J connectivity index is 2.71. The molecule has 0 aliphatic carbocycles. The van der Waals surface area contributed by atoms with E-state index in [1.807, 2.05) is 37.3 Å². The number of nitriles is 1. The quantitative estimate of drug-likeness (QED) is 0.682. The van der Waals surface area contributed by atoms with E-state index in [0.717, 1.165) is 5.56 Å². The van der Waals surface area contributed by atoms with E-state index in [1.54, 1.807) is 6.20 Å². The van der Waals surface area contributed by atoms with Gasteiger partial charge in [0.15, 0.2) is 0 Å². The van der Waals surface area contributed by atoms with Gasteiger partial charge in [-0.2, -0.15) is 5.26 Å². The molecule has 4 heteroatoms. The lowest BCUT2D eigenvalue weighted by Gasteiger charge is -2.11. The molecule has 0 bridgehead atoms. The van der Waals surface area contributed by atoms with E-state index < -0.39 is 0 Å². The molecule has 0 aromatic carbocycles. The van der Waals surface area contributed by atoms with Crippen LogP contribution in [0.2, 0.25) is 0 Å². The van der Waals surface area contributed by atoms with Crippen molar-refractivity contribution in [3.05, 3.63) is 29.6 Å². The van der Waals surface area contributed by atoms with Crippen LogP contribution < -0.4 is 5.43 Å². The van der Waals surface area contributed by atoms with Gasteiger partial charge in [0.2, 0.25) is 0 Å². The largest absolute Gasteiger partial charge is 0.251 e. The summed E-state index contributed by atoms with van der Waals surface area (Å²) in [5, 5.41) is 10.6. The van der Waals surface area contributed by atoms with Crippen molar-refractivity contribution in [2.45, 2.75) is 6.54 Å². The highest BCUT2D eigenvalue weighted by Crippen LogP contribution is 2.02. The summed E-state index contributed by atoms with van der Waals surface area (Å²) in [5.41, 5.74) is 4.48. The summed E-state index contributed by atoms with van der Waals surface area (Å²) < 4.78 is 0. The lowest BCUT2D eigenvalue weighted by atomic mass is 10.2. The van der Waals surface area contributed by atoms with Gasteiger partial charge in [0, 0.05) is 32.4 Å². The Bertz CT molecular complexity index is 314. The van der Waals surface area contributed by atoms with Crippen molar-refractivity contribution in [2.24, 2.45) is 0 Å². The molecular weight excluding hydrogens is 164 g/mol. The van der Waals surface area contributed by atoms with Crippen molar-refractivity contribution in [1.29, 1.82) is 5.26 Å². The zero-order valence-corrected chi connectivity index (χ0v) is 7.78. The van der Waals surface area contributed by atoms with Crippen molar-refractivity contribution in [2.75, 3.05) is 14.1 Å². The first kappa shape index (κ1) is 9.65. The zero-order valence-electron chi connectivity index (χ0n) is 7.78. The third kappa shape index (κ3) is 2.82. The lowest BCUT2D eigenvalue weighted by Crippen LogP contribution is -2.29. The number of nitrogens with one attached hydrogen (secondary N) is 1. The first-order valence-corrected chi connectivity index (χ1v) is 3.99. The van der Waals surface area contributed by atoms with Gasteiger partial charge < -0.3 is 0 Å². The van der Waals surface area contributed by atoms with Crippen molar-refractivity contribution < 1.29 is 0 Å². The topological polar surface area (TPSA) is 52.0 Å². The van der Waals surface area contributed by atoms with Gasteiger partial charge in [-0.15, -0.1) is 0 Å². The van der Waals surface area contributed by atoms with Crippen LogP contribution in [0.15, 0.2) is 18.3 Å². The molecule has 0 atom stereocenters. The Kier molecular flexibility index (Phi) is 3.38. The van der Waals surface area contributed by atoms with Gasteiger partial charge in [-0.1, -0.05) is 6.07 Å². The molecule has 68 valence electrons. The molecule has 0 fully saturated rings. The number of aromatic nitrogens is 1. The summed E-state index contributed by atoms with van der Waals surface area (Å²) in [5.74, 6) is 0. The zero-order chi connectivity index (χ0) is 9.68. The average Bonchev–Trinajstić information content (AvgIpc) is 2.15. The van der Waals surface area contributed by atoms with E-state index in [9.17, 15) is 0 Å².